The lowest BCUT2D eigenvalue weighted by Crippen LogP contribution is -2.61. The number of fused-ring (bicyclic) bond motifs is 1. The number of rotatable bonds is 4. The highest BCUT2D eigenvalue weighted by Gasteiger charge is 2.48. The van der Waals surface area contributed by atoms with Gasteiger partial charge < -0.3 is 29.5 Å². The fourth-order valence-electron chi connectivity index (χ4n) is 2.66. The Hall–Kier alpha value is -2.26. The van der Waals surface area contributed by atoms with Gasteiger partial charge in [-0.05, 0) is 19.1 Å². The molecule has 1 aliphatic heterocycles. The molecule has 0 amide bonds. The van der Waals surface area contributed by atoms with Gasteiger partial charge in [0, 0.05) is 11.6 Å². The minimum Gasteiger partial charge on any atom is -0.464 e. The Bertz CT molecular complexity index is 747. The van der Waals surface area contributed by atoms with Crippen molar-refractivity contribution in [2.75, 3.05) is 6.61 Å². The molecular weight excluding hydrogens is 330 g/mol. The van der Waals surface area contributed by atoms with E-state index in [-0.39, 0.29) is 6.61 Å². The van der Waals surface area contributed by atoms with Gasteiger partial charge in [-0.1, -0.05) is 18.2 Å². The topological polar surface area (TPSA) is 118 Å². The van der Waals surface area contributed by atoms with Gasteiger partial charge in [0.05, 0.1) is 6.61 Å². The molecule has 8 heteroatoms. The molecule has 5 atom stereocenters. The predicted molar refractivity (Wildman–Crippen MR) is 85.7 cm³/mol. The number of carbonyl (C=O) groups is 1. The van der Waals surface area contributed by atoms with Crippen LogP contribution in [0.1, 0.15) is 6.92 Å². The minimum absolute atomic E-state index is 0.0861. The molecule has 0 aliphatic carbocycles. The molecule has 8 nitrogen and oxygen atoms in total. The largest absolute Gasteiger partial charge is 0.464 e. The summed E-state index contributed by atoms with van der Waals surface area (Å²) in [5.74, 6) is -0.529. The van der Waals surface area contributed by atoms with Gasteiger partial charge >= 0.3 is 5.97 Å². The molecule has 1 aliphatic rings. The van der Waals surface area contributed by atoms with Gasteiger partial charge in [-0.25, -0.2) is 4.79 Å². The Balaban J connectivity index is 1.86. The number of pyridine rings is 1. The Labute approximate surface area is 143 Å². The minimum atomic E-state index is -1.63. The maximum atomic E-state index is 11.9. The number of hydrogen-bond donors (Lipinski definition) is 3. The number of aromatic nitrogens is 1. The maximum Gasteiger partial charge on any atom is 0.338 e. The van der Waals surface area contributed by atoms with Crippen LogP contribution < -0.4 is 4.74 Å². The summed E-state index contributed by atoms with van der Waals surface area (Å²) >= 11 is 0. The van der Waals surface area contributed by atoms with Crippen LogP contribution in [0.15, 0.2) is 36.5 Å². The summed E-state index contributed by atoms with van der Waals surface area (Å²) in [6.07, 6.45) is -6.06. The van der Waals surface area contributed by atoms with Crippen molar-refractivity contribution < 1.29 is 34.3 Å². The molecular formula is C17H19NO7. The van der Waals surface area contributed by atoms with Crippen LogP contribution in [0.3, 0.4) is 0 Å². The van der Waals surface area contributed by atoms with Gasteiger partial charge in [0.15, 0.2) is 6.10 Å². The van der Waals surface area contributed by atoms with Crippen LogP contribution in [0.2, 0.25) is 0 Å². The van der Waals surface area contributed by atoms with Crippen LogP contribution in [-0.4, -0.2) is 63.6 Å². The average molecular weight is 349 g/mol. The van der Waals surface area contributed by atoms with Crippen molar-refractivity contribution in [3.63, 3.8) is 0 Å². The summed E-state index contributed by atoms with van der Waals surface area (Å²) in [6, 6.07) is 8.82. The van der Waals surface area contributed by atoms with Crippen LogP contribution in [0.5, 0.6) is 5.75 Å². The van der Waals surface area contributed by atoms with E-state index in [1.54, 1.807) is 31.3 Å². The Kier molecular flexibility index (Phi) is 5.14. The third-order valence-corrected chi connectivity index (χ3v) is 3.93. The van der Waals surface area contributed by atoms with Crippen molar-refractivity contribution in [3.8, 4) is 5.75 Å². The smallest absolute Gasteiger partial charge is 0.338 e. The SMILES string of the molecule is CCOC(=O)[C@H]1O[C@@H](Oc2cccc3cccnc23)[C@H](O)[C@@H](O)[C@@H]1O. The van der Waals surface area contributed by atoms with E-state index in [9.17, 15) is 20.1 Å². The first kappa shape index (κ1) is 17.6. The molecule has 25 heavy (non-hydrogen) atoms. The maximum absolute atomic E-state index is 11.9. The van der Waals surface area contributed by atoms with E-state index in [1.165, 1.54) is 0 Å². The second kappa shape index (κ2) is 7.32. The molecule has 1 aromatic heterocycles. The van der Waals surface area contributed by atoms with Crippen LogP contribution in [0, 0.1) is 0 Å². The van der Waals surface area contributed by atoms with E-state index in [2.05, 4.69) is 4.98 Å². The monoisotopic (exact) mass is 349 g/mol. The molecule has 3 N–H and O–H groups in total. The zero-order chi connectivity index (χ0) is 18.0. The van der Waals surface area contributed by atoms with E-state index >= 15 is 0 Å². The molecule has 0 radical (unpaired) electrons. The van der Waals surface area contributed by atoms with Gasteiger partial charge in [-0.15, -0.1) is 0 Å². The quantitative estimate of drug-likeness (QED) is 0.659. The molecule has 134 valence electrons. The van der Waals surface area contributed by atoms with Crippen molar-refractivity contribution >= 4 is 16.9 Å². The Morgan fingerprint density at radius 1 is 1.16 bits per heavy atom. The Morgan fingerprint density at radius 3 is 2.68 bits per heavy atom. The number of esters is 1. The van der Waals surface area contributed by atoms with Crippen molar-refractivity contribution in [1.82, 2.24) is 4.98 Å². The normalized spacial score (nSPS) is 29.4. The standard InChI is InChI=1S/C17H19NO7/c1-2-23-16(22)15-13(20)12(19)14(21)17(25-15)24-10-7-3-5-9-6-4-8-18-11(9)10/h3-8,12-15,17,19-21H,2H2,1H3/t12-,13-,14+,15-,17+/m0/s1. The van der Waals surface area contributed by atoms with Gasteiger partial charge in [0.1, 0.15) is 29.6 Å². The summed E-state index contributed by atoms with van der Waals surface area (Å²) in [7, 11) is 0. The lowest BCUT2D eigenvalue weighted by atomic mass is 9.99. The molecule has 1 saturated heterocycles. The summed E-state index contributed by atoms with van der Waals surface area (Å²) < 4.78 is 15.8. The highest BCUT2D eigenvalue weighted by atomic mass is 16.7. The lowest BCUT2D eigenvalue weighted by molar-refractivity contribution is -0.272. The lowest BCUT2D eigenvalue weighted by Gasteiger charge is -2.39. The van der Waals surface area contributed by atoms with Crippen molar-refractivity contribution in [3.05, 3.63) is 36.5 Å². The third kappa shape index (κ3) is 3.42. The van der Waals surface area contributed by atoms with Crippen molar-refractivity contribution in [2.45, 2.75) is 37.6 Å². The first-order chi connectivity index (χ1) is 12.0. The highest BCUT2D eigenvalue weighted by Crippen LogP contribution is 2.28. The fourth-order valence-corrected chi connectivity index (χ4v) is 2.66. The van der Waals surface area contributed by atoms with Crippen molar-refractivity contribution in [1.29, 1.82) is 0 Å². The van der Waals surface area contributed by atoms with Gasteiger partial charge in [-0.3, -0.25) is 4.98 Å². The van der Waals surface area contributed by atoms with E-state index in [4.69, 9.17) is 14.2 Å². The summed E-state index contributed by atoms with van der Waals surface area (Å²) in [5.41, 5.74) is 0.536. The van der Waals surface area contributed by atoms with Gasteiger partial charge in [0.25, 0.3) is 0 Å². The molecule has 0 unspecified atom stereocenters. The second-order valence-corrected chi connectivity index (χ2v) is 5.60. The number of aliphatic hydroxyl groups excluding tert-OH is 3. The summed E-state index contributed by atoms with van der Waals surface area (Å²) in [5, 5.41) is 30.9. The highest BCUT2D eigenvalue weighted by molar-refractivity contribution is 5.84. The van der Waals surface area contributed by atoms with Crippen LogP contribution in [0.25, 0.3) is 10.9 Å². The molecule has 0 saturated carbocycles. The van der Waals surface area contributed by atoms with Gasteiger partial charge in [-0.2, -0.15) is 0 Å². The number of para-hydroxylation sites is 1. The Morgan fingerprint density at radius 2 is 1.92 bits per heavy atom. The van der Waals surface area contributed by atoms with E-state index < -0.39 is 36.7 Å². The third-order valence-electron chi connectivity index (χ3n) is 3.93. The number of aliphatic hydroxyl groups is 3. The van der Waals surface area contributed by atoms with Crippen LogP contribution in [0.4, 0.5) is 0 Å². The molecule has 2 heterocycles. The van der Waals surface area contributed by atoms with E-state index in [0.29, 0.717) is 11.3 Å². The molecule has 1 fully saturated rings. The zero-order valence-electron chi connectivity index (χ0n) is 13.5. The number of nitrogens with zero attached hydrogens (tertiary/aromatic N) is 1. The predicted octanol–water partition coefficient (Wildman–Crippen LogP) is -0.0157. The summed E-state index contributed by atoms with van der Waals surface area (Å²) in [6.45, 7) is 1.69. The second-order valence-electron chi connectivity index (χ2n) is 5.60. The van der Waals surface area contributed by atoms with E-state index in [0.717, 1.165) is 5.39 Å². The van der Waals surface area contributed by atoms with Crippen molar-refractivity contribution in [2.24, 2.45) is 0 Å². The number of ether oxygens (including phenoxy) is 3. The number of hydrogen-bond acceptors (Lipinski definition) is 8. The first-order valence-electron chi connectivity index (χ1n) is 7.89. The van der Waals surface area contributed by atoms with Gasteiger partial charge in [0.2, 0.25) is 6.29 Å². The van der Waals surface area contributed by atoms with Crippen LogP contribution in [-0.2, 0) is 14.3 Å². The van der Waals surface area contributed by atoms with Crippen LogP contribution >= 0.6 is 0 Å². The fraction of sp³-hybridized carbons (Fsp3) is 0.412. The molecule has 3 rings (SSSR count). The molecule has 0 spiro atoms. The average Bonchev–Trinajstić information content (AvgIpc) is 2.62. The summed E-state index contributed by atoms with van der Waals surface area (Å²) in [4.78, 5) is 16.1. The molecule has 2 aromatic rings. The van der Waals surface area contributed by atoms with E-state index in [1.807, 2.05) is 12.1 Å². The first-order valence-corrected chi connectivity index (χ1v) is 7.89. The molecule has 1 aromatic carbocycles. The zero-order valence-corrected chi connectivity index (χ0v) is 13.5. The number of carbonyl (C=O) groups excluding carboxylic acids is 1. The number of benzene rings is 1. The molecule has 0 bridgehead atoms.